The van der Waals surface area contributed by atoms with Gasteiger partial charge in [-0.2, -0.15) is 0 Å². The van der Waals surface area contributed by atoms with Gasteiger partial charge in [-0.05, 0) is 64.7 Å². The second-order valence-electron chi connectivity index (χ2n) is 11.6. The van der Waals surface area contributed by atoms with Crippen LogP contribution in [-0.2, 0) is 5.41 Å². The number of ether oxygens (including phenoxy) is 1. The van der Waals surface area contributed by atoms with Crippen molar-refractivity contribution < 1.29 is 14.3 Å². The summed E-state index contributed by atoms with van der Waals surface area (Å²) < 4.78 is 5.46. The topological polar surface area (TPSA) is 129 Å². The molecule has 0 bridgehead atoms. The van der Waals surface area contributed by atoms with Crippen molar-refractivity contribution in [1.29, 1.82) is 0 Å². The fourth-order valence-electron chi connectivity index (χ4n) is 3.89. The molecule has 0 radical (unpaired) electrons. The van der Waals surface area contributed by atoms with Gasteiger partial charge in [0.2, 0.25) is 0 Å². The smallest absolute Gasteiger partial charge is 0.259 e. The number of hydrogen-bond acceptors (Lipinski definition) is 5. The van der Waals surface area contributed by atoms with Crippen LogP contribution >= 0.6 is 0 Å². The number of amides is 2. The van der Waals surface area contributed by atoms with Gasteiger partial charge in [0.05, 0.1) is 30.2 Å². The fraction of sp³-hybridized carbons (Fsp3) is 0.367. The summed E-state index contributed by atoms with van der Waals surface area (Å²) in [5, 5.41) is 9.60. The molecule has 0 aliphatic rings. The molecule has 1 heterocycles. The molecule has 0 atom stereocenters. The first-order valence-electron chi connectivity index (χ1n) is 12.7. The molecule has 3 aromatic rings. The molecule has 0 unspecified atom stereocenters. The normalized spacial score (nSPS) is 11.4. The van der Waals surface area contributed by atoms with Gasteiger partial charge in [0.15, 0.2) is 0 Å². The molecule has 2 aromatic carbocycles. The Labute approximate surface area is 229 Å². The standard InChI is InChI=1S/C30H36N6O3/c1-18-23(19-9-11-20(12-10-19)27(37)33-17-29(2,3)4)15-22(16-32-18)34-28(38)24-13-21(30(5,6)7)14-25(35-36-31)26(24)39-8/h9-16H,17H2,1-8H3,(H,33,37)(H,34,38). The van der Waals surface area contributed by atoms with Crippen molar-refractivity contribution in [2.24, 2.45) is 10.5 Å². The van der Waals surface area contributed by atoms with Crippen LogP contribution in [0.3, 0.4) is 0 Å². The van der Waals surface area contributed by atoms with E-state index in [2.05, 4.69) is 46.4 Å². The van der Waals surface area contributed by atoms with Gasteiger partial charge in [-0.3, -0.25) is 14.6 Å². The molecule has 0 spiro atoms. The van der Waals surface area contributed by atoms with Crippen LogP contribution in [-0.4, -0.2) is 30.5 Å². The first-order chi connectivity index (χ1) is 18.2. The molecule has 9 heteroatoms. The summed E-state index contributed by atoms with van der Waals surface area (Å²) in [5.74, 6) is -0.354. The number of azide groups is 1. The van der Waals surface area contributed by atoms with E-state index in [1.165, 1.54) is 7.11 Å². The van der Waals surface area contributed by atoms with Gasteiger partial charge in [0.1, 0.15) is 5.75 Å². The molecule has 0 fully saturated rings. The third-order valence-electron chi connectivity index (χ3n) is 6.12. The van der Waals surface area contributed by atoms with E-state index < -0.39 is 5.91 Å². The van der Waals surface area contributed by atoms with Crippen molar-refractivity contribution in [3.8, 4) is 16.9 Å². The average molecular weight is 529 g/mol. The third-order valence-corrected chi connectivity index (χ3v) is 6.12. The number of rotatable bonds is 7. The summed E-state index contributed by atoms with van der Waals surface area (Å²) in [6.07, 6.45) is 1.58. The van der Waals surface area contributed by atoms with Crippen molar-refractivity contribution in [2.45, 2.75) is 53.9 Å². The lowest BCUT2D eigenvalue weighted by Gasteiger charge is -2.22. The van der Waals surface area contributed by atoms with Gasteiger partial charge in [-0.25, -0.2) is 0 Å². The van der Waals surface area contributed by atoms with Gasteiger partial charge in [-0.1, -0.05) is 58.8 Å². The number of carbonyl (C=O) groups is 2. The molecule has 204 valence electrons. The molecule has 0 aliphatic heterocycles. The first kappa shape index (κ1) is 29.2. The molecular formula is C30H36N6O3. The maximum absolute atomic E-state index is 13.4. The highest BCUT2D eigenvalue weighted by molar-refractivity contribution is 6.07. The van der Waals surface area contributed by atoms with E-state index in [0.717, 1.165) is 22.4 Å². The minimum absolute atomic E-state index is 0.00810. The Kier molecular flexibility index (Phi) is 8.67. The molecule has 39 heavy (non-hydrogen) atoms. The zero-order valence-corrected chi connectivity index (χ0v) is 23.8. The number of methoxy groups -OCH3 is 1. The van der Waals surface area contributed by atoms with Gasteiger partial charge in [-0.15, -0.1) is 0 Å². The van der Waals surface area contributed by atoms with Crippen LogP contribution in [0.2, 0.25) is 0 Å². The Morgan fingerprint density at radius 1 is 1.03 bits per heavy atom. The quantitative estimate of drug-likeness (QED) is 0.189. The van der Waals surface area contributed by atoms with Crippen molar-refractivity contribution in [2.75, 3.05) is 19.0 Å². The summed E-state index contributed by atoms with van der Waals surface area (Å²) >= 11 is 0. The molecule has 0 saturated heterocycles. The maximum Gasteiger partial charge on any atom is 0.259 e. The highest BCUT2D eigenvalue weighted by Gasteiger charge is 2.23. The minimum Gasteiger partial charge on any atom is -0.495 e. The van der Waals surface area contributed by atoms with E-state index in [0.29, 0.717) is 17.8 Å². The summed E-state index contributed by atoms with van der Waals surface area (Å²) in [6, 6.07) is 12.6. The van der Waals surface area contributed by atoms with Gasteiger partial charge in [0, 0.05) is 28.3 Å². The van der Waals surface area contributed by atoms with Gasteiger partial charge in [0.25, 0.3) is 11.8 Å². The van der Waals surface area contributed by atoms with Crippen LogP contribution in [0.25, 0.3) is 21.6 Å². The highest BCUT2D eigenvalue weighted by atomic mass is 16.5. The number of pyridine rings is 1. The van der Waals surface area contributed by atoms with E-state index in [1.54, 1.807) is 30.5 Å². The average Bonchev–Trinajstić information content (AvgIpc) is 2.87. The molecule has 2 N–H and O–H groups in total. The highest BCUT2D eigenvalue weighted by Crippen LogP contribution is 2.38. The molecular weight excluding hydrogens is 492 g/mol. The summed E-state index contributed by atoms with van der Waals surface area (Å²) in [7, 11) is 1.43. The fourth-order valence-corrected chi connectivity index (χ4v) is 3.89. The van der Waals surface area contributed by atoms with Crippen LogP contribution in [0.15, 0.2) is 53.8 Å². The number of nitrogens with zero attached hydrogens (tertiary/aromatic N) is 4. The first-order valence-corrected chi connectivity index (χ1v) is 12.7. The largest absolute Gasteiger partial charge is 0.495 e. The monoisotopic (exact) mass is 528 g/mol. The molecule has 9 nitrogen and oxygen atoms in total. The van der Waals surface area contributed by atoms with E-state index in [-0.39, 0.29) is 33.7 Å². The van der Waals surface area contributed by atoms with Crippen molar-refractivity contribution in [3.05, 3.63) is 81.5 Å². The van der Waals surface area contributed by atoms with Crippen molar-refractivity contribution >= 4 is 23.2 Å². The molecule has 3 rings (SSSR count). The zero-order chi connectivity index (χ0) is 29.0. The van der Waals surface area contributed by atoms with Crippen LogP contribution in [0.1, 0.15) is 73.5 Å². The number of hydrogen-bond donors (Lipinski definition) is 2. The van der Waals surface area contributed by atoms with Crippen LogP contribution in [0.4, 0.5) is 11.4 Å². The maximum atomic E-state index is 13.4. The number of benzene rings is 2. The molecule has 1 aromatic heterocycles. The lowest BCUT2D eigenvalue weighted by atomic mass is 9.85. The lowest BCUT2D eigenvalue weighted by molar-refractivity contribution is 0.0938. The Hall–Kier alpha value is -4.36. The predicted octanol–water partition coefficient (Wildman–Crippen LogP) is 7.33. The number of nitrogens with one attached hydrogen (secondary N) is 2. The van der Waals surface area contributed by atoms with E-state index in [1.807, 2.05) is 45.9 Å². The molecule has 0 saturated carbocycles. The molecule has 2 amide bonds. The van der Waals surface area contributed by atoms with Crippen LogP contribution in [0, 0.1) is 12.3 Å². The number of aryl methyl sites for hydroxylation is 1. The second kappa shape index (κ2) is 11.6. The Morgan fingerprint density at radius 2 is 1.69 bits per heavy atom. The Balaban J connectivity index is 1.91. The van der Waals surface area contributed by atoms with Crippen LogP contribution < -0.4 is 15.4 Å². The van der Waals surface area contributed by atoms with E-state index >= 15 is 0 Å². The van der Waals surface area contributed by atoms with Crippen LogP contribution in [0.5, 0.6) is 5.75 Å². The molecule has 0 aliphatic carbocycles. The summed E-state index contributed by atoms with van der Waals surface area (Å²) in [4.78, 5) is 33.3. The third kappa shape index (κ3) is 7.36. The summed E-state index contributed by atoms with van der Waals surface area (Å²) in [6.45, 7) is 14.7. The van der Waals surface area contributed by atoms with Crippen molar-refractivity contribution in [3.63, 3.8) is 0 Å². The number of aromatic nitrogens is 1. The zero-order valence-electron chi connectivity index (χ0n) is 23.8. The SMILES string of the molecule is COc1c(N=[N+]=[N-])cc(C(C)(C)C)cc1C(=O)Nc1cnc(C)c(-c2ccc(C(=O)NCC(C)(C)C)cc2)c1. The van der Waals surface area contributed by atoms with E-state index in [9.17, 15) is 9.59 Å². The van der Waals surface area contributed by atoms with Gasteiger partial charge >= 0.3 is 0 Å². The second-order valence-corrected chi connectivity index (χ2v) is 11.6. The summed E-state index contributed by atoms with van der Waals surface area (Å²) in [5.41, 5.74) is 13.6. The van der Waals surface area contributed by atoms with Gasteiger partial charge < -0.3 is 15.4 Å². The Morgan fingerprint density at radius 3 is 2.26 bits per heavy atom. The Bertz CT molecular complexity index is 1430. The predicted molar refractivity (Wildman–Crippen MR) is 155 cm³/mol. The lowest BCUT2D eigenvalue weighted by Crippen LogP contribution is -2.32. The number of anilines is 1. The van der Waals surface area contributed by atoms with E-state index in [4.69, 9.17) is 10.3 Å². The number of carbonyl (C=O) groups excluding carboxylic acids is 2. The minimum atomic E-state index is -0.421. The van der Waals surface area contributed by atoms with Crippen molar-refractivity contribution in [1.82, 2.24) is 10.3 Å².